The number of para-hydroxylation sites is 1. The molecule has 5 rings (SSSR count). The molecule has 0 radical (unpaired) electrons. The molecular weight excluding hydrogens is 614 g/mol. The summed E-state index contributed by atoms with van der Waals surface area (Å²) in [6.45, 7) is 0.593. The molecule has 2 heterocycles. The monoisotopic (exact) mass is 632 g/mol. The molecule has 0 saturated heterocycles. The summed E-state index contributed by atoms with van der Waals surface area (Å²) in [5, 5.41) is 7.68. The van der Waals surface area contributed by atoms with E-state index in [2.05, 4.69) is 102 Å². The van der Waals surface area contributed by atoms with E-state index in [1.165, 1.54) is 17.9 Å². The predicted molar refractivity (Wildman–Crippen MR) is 144 cm³/mol. The fourth-order valence-electron chi connectivity index (χ4n) is 3.93. The number of carbonyl (C=O) groups is 1. The van der Waals surface area contributed by atoms with E-state index in [0.29, 0.717) is 13.0 Å². The molecule has 154 valence electrons. The van der Waals surface area contributed by atoms with Gasteiger partial charge in [-0.1, -0.05) is 18.2 Å². The van der Waals surface area contributed by atoms with Gasteiger partial charge in [-0.2, -0.15) is 5.10 Å². The number of fused-ring (bicyclic) bond motifs is 4. The molecule has 5 nitrogen and oxygen atoms in total. The first-order chi connectivity index (χ1) is 15.1. The number of nitrogens with one attached hydrogen (secondary N) is 2. The third-order valence-electron chi connectivity index (χ3n) is 5.37. The minimum atomic E-state index is -0.109. The average Bonchev–Trinajstić information content (AvgIpc) is 3.31. The molecule has 31 heavy (non-hydrogen) atoms. The highest BCUT2D eigenvalue weighted by atomic mass is 127. The topological polar surface area (TPSA) is 62.2 Å². The van der Waals surface area contributed by atoms with Crippen molar-refractivity contribution >= 4 is 90.0 Å². The maximum absolute atomic E-state index is 12.5. The molecule has 3 aromatic carbocycles. The summed E-state index contributed by atoms with van der Waals surface area (Å²) in [6.07, 6.45) is 3.92. The summed E-state index contributed by atoms with van der Waals surface area (Å²) < 4.78 is 4.62. The normalized spacial score (nSPS) is 11.8. The van der Waals surface area contributed by atoms with Gasteiger partial charge in [-0.15, -0.1) is 0 Å². The molecule has 0 saturated carbocycles. The Morgan fingerprint density at radius 1 is 0.968 bits per heavy atom. The largest absolute Gasteiger partial charge is 0.361 e. The Balaban J connectivity index is 1.34. The number of hydrogen-bond acceptors (Lipinski definition) is 2. The first-order valence-electron chi connectivity index (χ1n) is 9.85. The van der Waals surface area contributed by atoms with Gasteiger partial charge in [-0.25, -0.2) is 5.43 Å². The van der Waals surface area contributed by atoms with Crippen LogP contribution in [-0.4, -0.2) is 21.7 Å². The standard InChI is InChI=1S/C24H18I2N4O/c25-16-5-7-22-19(11-16)20-12-17(26)6-8-23(20)30(22)10-9-24(31)29-28-14-15-13-27-21-4-2-1-3-18(15)21/h1-8,11-14,27H,9-10H2,(H,29,31)/b28-14-. The van der Waals surface area contributed by atoms with E-state index in [4.69, 9.17) is 0 Å². The van der Waals surface area contributed by atoms with E-state index in [1.807, 2.05) is 30.5 Å². The minimum absolute atomic E-state index is 0.109. The molecule has 0 atom stereocenters. The van der Waals surface area contributed by atoms with E-state index >= 15 is 0 Å². The molecule has 2 N–H and O–H groups in total. The average molecular weight is 632 g/mol. The molecule has 1 amide bonds. The van der Waals surface area contributed by atoms with Gasteiger partial charge in [0.2, 0.25) is 5.91 Å². The Labute approximate surface area is 206 Å². The molecule has 0 aliphatic rings. The molecule has 0 unspecified atom stereocenters. The highest BCUT2D eigenvalue weighted by Gasteiger charge is 2.12. The number of aromatic nitrogens is 2. The highest BCUT2D eigenvalue weighted by molar-refractivity contribution is 14.1. The lowest BCUT2D eigenvalue weighted by Gasteiger charge is -2.07. The summed E-state index contributed by atoms with van der Waals surface area (Å²) in [5.41, 5.74) is 6.95. The summed E-state index contributed by atoms with van der Waals surface area (Å²) in [6, 6.07) is 20.9. The molecule has 0 fully saturated rings. The van der Waals surface area contributed by atoms with Gasteiger partial charge in [-0.3, -0.25) is 4.79 Å². The first-order valence-corrected chi connectivity index (χ1v) is 12.0. The molecule has 0 spiro atoms. The van der Waals surface area contributed by atoms with Crippen LogP contribution in [0.1, 0.15) is 12.0 Å². The summed E-state index contributed by atoms with van der Waals surface area (Å²) in [7, 11) is 0. The number of halogens is 2. The molecule has 7 heteroatoms. The zero-order valence-corrected chi connectivity index (χ0v) is 20.7. The zero-order chi connectivity index (χ0) is 21.4. The molecular formula is C24H18I2N4O. The van der Waals surface area contributed by atoms with Crippen LogP contribution < -0.4 is 5.43 Å². The van der Waals surface area contributed by atoms with Crippen molar-refractivity contribution < 1.29 is 4.79 Å². The van der Waals surface area contributed by atoms with Crippen LogP contribution in [0.3, 0.4) is 0 Å². The Morgan fingerprint density at radius 3 is 2.35 bits per heavy atom. The number of benzene rings is 3. The van der Waals surface area contributed by atoms with E-state index < -0.39 is 0 Å². The van der Waals surface area contributed by atoms with Gasteiger partial charge in [0.1, 0.15) is 0 Å². The van der Waals surface area contributed by atoms with Crippen LogP contribution in [-0.2, 0) is 11.3 Å². The van der Waals surface area contributed by atoms with E-state index in [-0.39, 0.29) is 5.91 Å². The van der Waals surface area contributed by atoms with E-state index in [1.54, 1.807) is 6.21 Å². The van der Waals surface area contributed by atoms with Crippen LogP contribution in [0.15, 0.2) is 72.0 Å². The number of amides is 1. The Kier molecular flexibility index (Phi) is 5.70. The Hall–Kier alpha value is -2.40. The van der Waals surface area contributed by atoms with Crippen LogP contribution >= 0.6 is 45.2 Å². The van der Waals surface area contributed by atoms with E-state index in [9.17, 15) is 4.79 Å². The second-order valence-corrected chi connectivity index (χ2v) is 9.80. The van der Waals surface area contributed by atoms with Crippen molar-refractivity contribution in [2.75, 3.05) is 0 Å². The molecule has 0 aliphatic heterocycles. The van der Waals surface area contributed by atoms with Crippen molar-refractivity contribution in [3.8, 4) is 0 Å². The lowest BCUT2D eigenvalue weighted by atomic mass is 10.2. The van der Waals surface area contributed by atoms with Gasteiger partial charge in [-0.05, 0) is 87.6 Å². The Morgan fingerprint density at radius 2 is 1.65 bits per heavy atom. The summed E-state index contributed by atoms with van der Waals surface area (Å²) in [5.74, 6) is -0.109. The summed E-state index contributed by atoms with van der Waals surface area (Å²) in [4.78, 5) is 15.7. The SMILES string of the molecule is O=C(CCn1c2ccc(I)cc2c2cc(I)ccc21)N/N=C\c1c[nH]c2ccccc12. The third kappa shape index (κ3) is 4.08. The molecule has 0 aliphatic carbocycles. The van der Waals surface area contributed by atoms with Crippen LogP contribution in [0, 0.1) is 7.14 Å². The molecule has 2 aromatic heterocycles. The summed E-state index contributed by atoms with van der Waals surface area (Å²) >= 11 is 4.68. The van der Waals surface area contributed by atoms with Crippen molar-refractivity contribution in [1.29, 1.82) is 0 Å². The second kappa shape index (κ2) is 8.62. The molecule has 0 bridgehead atoms. The highest BCUT2D eigenvalue weighted by Crippen LogP contribution is 2.31. The number of H-pyrrole nitrogens is 1. The van der Waals surface area contributed by atoms with Gasteiger partial charge < -0.3 is 9.55 Å². The number of rotatable bonds is 5. The van der Waals surface area contributed by atoms with Crippen molar-refractivity contribution in [2.45, 2.75) is 13.0 Å². The van der Waals surface area contributed by atoms with Crippen LogP contribution in [0.5, 0.6) is 0 Å². The van der Waals surface area contributed by atoms with Crippen LogP contribution in [0.4, 0.5) is 0 Å². The number of hydrazone groups is 1. The fraction of sp³-hybridized carbons (Fsp3) is 0.0833. The van der Waals surface area contributed by atoms with Crippen molar-refractivity contribution in [3.05, 3.63) is 79.6 Å². The van der Waals surface area contributed by atoms with Gasteiger partial charge in [0, 0.05) is 64.6 Å². The van der Waals surface area contributed by atoms with Gasteiger partial charge >= 0.3 is 0 Å². The van der Waals surface area contributed by atoms with Crippen molar-refractivity contribution in [3.63, 3.8) is 0 Å². The quantitative estimate of drug-likeness (QED) is 0.139. The van der Waals surface area contributed by atoms with E-state index in [0.717, 1.165) is 27.5 Å². The van der Waals surface area contributed by atoms with Gasteiger partial charge in [0.15, 0.2) is 0 Å². The van der Waals surface area contributed by atoms with Crippen LogP contribution in [0.2, 0.25) is 0 Å². The zero-order valence-electron chi connectivity index (χ0n) is 16.4. The van der Waals surface area contributed by atoms with Crippen molar-refractivity contribution in [1.82, 2.24) is 15.0 Å². The lowest BCUT2D eigenvalue weighted by Crippen LogP contribution is -2.19. The number of carbonyl (C=O) groups excluding carboxylic acids is 1. The Bertz CT molecular complexity index is 1410. The second-order valence-electron chi connectivity index (χ2n) is 7.31. The van der Waals surface area contributed by atoms with Gasteiger partial charge in [0.05, 0.1) is 6.21 Å². The third-order valence-corrected chi connectivity index (χ3v) is 6.71. The van der Waals surface area contributed by atoms with Gasteiger partial charge in [0.25, 0.3) is 0 Å². The smallest absolute Gasteiger partial charge is 0.241 e. The fourth-order valence-corrected chi connectivity index (χ4v) is 4.92. The maximum atomic E-state index is 12.5. The number of hydrogen-bond donors (Lipinski definition) is 2. The van der Waals surface area contributed by atoms with Crippen LogP contribution in [0.25, 0.3) is 32.7 Å². The maximum Gasteiger partial charge on any atom is 0.241 e. The molecule has 5 aromatic rings. The lowest BCUT2D eigenvalue weighted by molar-refractivity contribution is -0.121. The van der Waals surface area contributed by atoms with Crippen molar-refractivity contribution in [2.24, 2.45) is 5.10 Å². The number of aromatic amines is 1. The minimum Gasteiger partial charge on any atom is -0.361 e. The predicted octanol–water partition coefficient (Wildman–Crippen LogP) is 6.03. The first kappa shape index (κ1) is 20.5. The number of nitrogens with zero attached hydrogens (tertiary/aromatic N) is 2. The number of aryl methyl sites for hydroxylation is 1.